The first-order valence-corrected chi connectivity index (χ1v) is 10.2. The minimum atomic E-state index is -1.45. The number of rotatable bonds is 20. The number of aliphatic hydroxyl groups excluding tert-OH is 2. The number of aliphatic carboxylic acids is 2. The zero-order valence-electron chi connectivity index (χ0n) is 16.7. The number of carboxylic acids is 2. The molecular weight excluding hydrogens is 368 g/mol. The molecule has 0 aromatic heterocycles. The third kappa shape index (κ3) is 14.3. The highest BCUT2D eigenvalue weighted by molar-refractivity contribution is 5.95. The van der Waals surface area contributed by atoms with E-state index in [9.17, 15) is 19.8 Å². The van der Waals surface area contributed by atoms with Crippen molar-refractivity contribution in [3.8, 4) is 0 Å². The SMILES string of the molecule is O=C(O)/C(OCCCCCCCCO)=C(/OCCCCCCCCO)C(=O)O. The number of hydrogen-bond acceptors (Lipinski definition) is 6. The summed E-state index contributed by atoms with van der Waals surface area (Å²) in [5.41, 5.74) is 0. The summed E-state index contributed by atoms with van der Waals surface area (Å²) in [4.78, 5) is 22.7. The third-order valence-electron chi connectivity index (χ3n) is 4.19. The van der Waals surface area contributed by atoms with Crippen LogP contribution >= 0.6 is 0 Å². The molecule has 0 unspecified atom stereocenters. The molecule has 0 amide bonds. The standard InChI is InChI=1S/C20H36O8/c21-13-9-5-1-3-7-11-15-27-17(19(23)24)18(20(25)26)28-16-12-8-4-2-6-10-14-22/h21-22H,1-16H2,(H,23,24)(H,25,26)/b18-17-. The summed E-state index contributed by atoms with van der Waals surface area (Å²) in [6, 6.07) is 0. The van der Waals surface area contributed by atoms with E-state index in [4.69, 9.17) is 19.7 Å². The molecule has 0 saturated carbocycles. The van der Waals surface area contributed by atoms with Crippen LogP contribution in [-0.4, -0.2) is 58.8 Å². The van der Waals surface area contributed by atoms with Crippen molar-refractivity contribution < 1.29 is 39.5 Å². The summed E-state index contributed by atoms with van der Waals surface area (Å²) in [6.45, 7) is 0.619. The van der Waals surface area contributed by atoms with Gasteiger partial charge < -0.3 is 29.9 Å². The van der Waals surface area contributed by atoms with Crippen LogP contribution in [-0.2, 0) is 19.1 Å². The van der Waals surface area contributed by atoms with Crippen LogP contribution in [0.25, 0.3) is 0 Å². The summed E-state index contributed by atoms with van der Waals surface area (Å²) in [6.07, 6.45) is 10.3. The predicted octanol–water partition coefficient (Wildman–Crippen LogP) is 3.07. The molecule has 164 valence electrons. The fraction of sp³-hybridized carbons (Fsp3) is 0.800. The van der Waals surface area contributed by atoms with Crippen LogP contribution in [0.2, 0.25) is 0 Å². The van der Waals surface area contributed by atoms with Crippen molar-refractivity contribution in [1.82, 2.24) is 0 Å². The number of unbranched alkanes of at least 4 members (excludes halogenated alkanes) is 10. The van der Waals surface area contributed by atoms with Crippen molar-refractivity contribution in [3.63, 3.8) is 0 Å². The van der Waals surface area contributed by atoms with Gasteiger partial charge in [0.15, 0.2) is 0 Å². The summed E-state index contributed by atoms with van der Waals surface area (Å²) >= 11 is 0. The molecule has 0 atom stereocenters. The van der Waals surface area contributed by atoms with E-state index in [1.165, 1.54) is 0 Å². The molecule has 0 aromatic carbocycles. The molecule has 0 bridgehead atoms. The van der Waals surface area contributed by atoms with Gasteiger partial charge in [-0.1, -0.05) is 51.4 Å². The van der Waals surface area contributed by atoms with Crippen LogP contribution in [0.4, 0.5) is 0 Å². The maximum Gasteiger partial charge on any atom is 0.375 e. The summed E-state index contributed by atoms with van der Waals surface area (Å²) in [7, 11) is 0. The molecule has 8 nitrogen and oxygen atoms in total. The van der Waals surface area contributed by atoms with Gasteiger partial charge >= 0.3 is 11.9 Å². The van der Waals surface area contributed by atoms with Crippen LogP contribution < -0.4 is 0 Å². The summed E-state index contributed by atoms with van der Waals surface area (Å²) in [5.74, 6) is -4.22. The van der Waals surface area contributed by atoms with Crippen molar-refractivity contribution in [3.05, 3.63) is 11.5 Å². The highest BCUT2D eigenvalue weighted by atomic mass is 16.5. The molecule has 0 aliphatic carbocycles. The van der Waals surface area contributed by atoms with E-state index < -0.39 is 23.5 Å². The lowest BCUT2D eigenvalue weighted by atomic mass is 10.1. The minimum Gasteiger partial charge on any atom is -0.484 e. The van der Waals surface area contributed by atoms with Crippen LogP contribution in [0.5, 0.6) is 0 Å². The molecule has 4 N–H and O–H groups in total. The predicted molar refractivity (Wildman–Crippen MR) is 104 cm³/mol. The molecule has 0 fully saturated rings. The minimum absolute atomic E-state index is 0.118. The zero-order valence-corrected chi connectivity index (χ0v) is 16.7. The van der Waals surface area contributed by atoms with Gasteiger partial charge in [-0.2, -0.15) is 0 Å². The topological polar surface area (TPSA) is 134 Å². The van der Waals surface area contributed by atoms with E-state index in [1.54, 1.807) is 0 Å². The summed E-state index contributed by atoms with van der Waals surface area (Å²) < 4.78 is 10.4. The Balaban J connectivity index is 4.26. The Morgan fingerprint density at radius 2 is 0.786 bits per heavy atom. The normalized spacial score (nSPS) is 11.8. The first-order valence-electron chi connectivity index (χ1n) is 10.2. The van der Waals surface area contributed by atoms with Gasteiger partial charge in [0.2, 0.25) is 0 Å². The highest BCUT2D eigenvalue weighted by Gasteiger charge is 2.24. The molecule has 0 aliphatic heterocycles. The second-order valence-electron chi connectivity index (χ2n) is 6.66. The fourth-order valence-electron chi connectivity index (χ4n) is 2.64. The molecule has 0 aromatic rings. The van der Waals surface area contributed by atoms with Gasteiger partial charge in [-0.15, -0.1) is 0 Å². The van der Waals surface area contributed by atoms with Crippen molar-refractivity contribution in [2.24, 2.45) is 0 Å². The van der Waals surface area contributed by atoms with Gasteiger partial charge in [-0.25, -0.2) is 9.59 Å². The van der Waals surface area contributed by atoms with Gasteiger partial charge in [0.05, 0.1) is 13.2 Å². The summed E-state index contributed by atoms with van der Waals surface area (Å²) in [5, 5.41) is 35.9. The average Bonchev–Trinajstić information content (AvgIpc) is 2.66. The number of carbonyl (C=O) groups is 2. The lowest BCUT2D eigenvalue weighted by Gasteiger charge is -2.12. The van der Waals surface area contributed by atoms with Gasteiger partial charge in [0.25, 0.3) is 11.5 Å². The second-order valence-corrected chi connectivity index (χ2v) is 6.66. The fourth-order valence-corrected chi connectivity index (χ4v) is 2.64. The first kappa shape index (κ1) is 26.2. The molecule has 0 heterocycles. The van der Waals surface area contributed by atoms with Crippen LogP contribution in [0.3, 0.4) is 0 Å². The maximum absolute atomic E-state index is 11.3. The van der Waals surface area contributed by atoms with E-state index in [0.717, 1.165) is 64.2 Å². The maximum atomic E-state index is 11.3. The third-order valence-corrected chi connectivity index (χ3v) is 4.19. The Morgan fingerprint density at radius 3 is 1.07 bits per heavy atom. The van der Waals surface area contributed by atoms with Crippen molar-refractivity contribution in [2.45, 2.75) is 77.0 Å². The van der Waals surface area contributed by atoms with Gasteiger partial charge in [0.1, 0.15) is 0 Å². The molecule has 0 saturated heterocycles. The second kappa shape index (κ2) is 18.6. The molecule has 0 aliphatic rings. The number of ether oxygens (including phenoxy) is 2. The lowest BCUT2D eigenvalue weighted by molar-refractivity contribution is -0.142. The molecule has 8 heteroatoms. The van der Waals surface area contributed by atoms with Crippen molar-refractivity contribution in [1.29, 1.82) is 0 Å². The van der Waals surface area contributed by atoms with E-state index in [1.807, 2.05) is 0 Å². The van der Waals surface area contributed by atoms with E-state index >= 15 is 0 Å². The van der Waals surface area contributed by atoms with Crippen molar-refractivity contribution >= 4 is 11.9 Å². The molecule has 28 heavy (non-hydrogen) atoms. The smallest absolute Gasteiger partial charge is 0.375 e. The molecule has 0 spiro atoms. The number of aliphatic hydroxyl groups is 2. The molecular formula is C20H36O8. The largest absolute Gasteiger partial charge is 0.484 e. The Hall–Kier alpha value is -1.80. The number of carboxylic acid groups (broad SMARTS) is 2. The average molecular weight is 405 g/mol. The highest BCUT2D eigenvalue weighted by Crippen LogP contribution is 2.13. The Labute approximate surface area is 167 Å². The van der Waals surface area contributed by atoms with Crippen LogP contribution in [0.15, 0.2) is 11.5 Å². The molecule has 0 radical (unpaired) electrons. The zero-order chi connectivity index (χ0) is 21.0. The van der Waals surface area contributed by atoms with Crippen LogP contribution in [0, 0.1) is 0 Å². The van der Waals surface area contributed by atoms with E-state index in [-0.39, 0.29) is 26.4 Å². The lowest BCUT2D eigenvalue weighted by Crippen LogP contribution is -2.17. The van der Waals surface area contributed by atoms with E-state index in [2.05, 4.69) is 0 Å². The number of hydrogen-bond donors (Lipinski definition) is 4. The van der Waals surface area contributed by atoms with Gasteiger partial charge in [-0.3, -0.25) is 0 Å². The Morgan fingerprint density at radius 1 is 0.500 bits per heavy atom. The Bertz CT molecular complexity index is 407. The Kier molecular flexibility index (Phi) is 17.4. The molecule has 0 rings (SSSR count). The first-order chi connectivity index (χ1) is 13.5. The van der Waals surface area contributed by atoms with Crippen LogP contribution in [0.1, 0.15) is 77.0 Å². The quantitative estimate of drug-likeness (QED) is 0.138. The van der Waals surface area contributed by atoms with Gasteiger partial charge in [-0.05, 0) is 25.7 Å². The van der Waals surface area contributed by atoms with Crippen molar-refractivity contribution in [2.75, 3.05) is 26.4 Å². The van der Waals surface area contributed by atoms with Gasteiger partial charge in [0, 0.05) is 13.2 Å². The van der Waals surface area contributed by atoms with E-state index in [0.29, 0.717) is 12.8 Å². The monoisotopic (exact) mass is 404 g/mol.